The zero-order valence-corrected chi connectivity index (χ0v) is 12.2. The van der Waals surface area contributed by atoms with Gasteiger partial charge in [-0.1, -0.05) is 12.1 Å². The molecule has 5 nitrogen and oxygen atoms in total. The molecule has 0 aliphatic carbocycles. The number of carbonyl (C=O) groups is 1. The predicted molar refractivity (Wildman–Crippen MR) is 83.4 cm³/mol. The van der Waals surface area contributed by atoms with Gasteiger partial charge in [-0.25, -0.2) is 5.53 Å². The van der Waals surface area contributed by atoms with Gasteiger partial charge in [0.25, 0.3) is 0 Å². The molecule has 0 aromatic heterocycles. The summed E-state index contributed by atoms with van der Waals surface area (Å²) in [7, 11) is 0. The molecule has 1 heterocycles. The van der Waals surface area contributed by atoms with Crippen molar-refractivity contribution in [1.82, 2.24) is 4.90 Å². The van der Waals surface area contributed by atoms with E-state index in [1.165, 1.54) is 31.5 Å². The lowest BCUT2D eigenvalue weighted by Gasteiger charge is -2.14. The highest BCUT2D eigenvalue weighted by Crippen LogP contribution is 2.13. The van der Waals surface area contributed by atoms with Gasteiger partial charge >= 0.3 is 0 Å². The Balaban J connectivity index is 1.83. The second kappa shape index (κ2) is 8.32. The second-order valence-electron chi connectivity index (χ2n) is 5.26. The summed E-state index contributed by atoms with van der Waals surface area (Å²) in [4.78, 5) is 12.9. The molecule has 0 atom stereocenters. The molecule has 0 radical (unpaired) electrons. The van der Waals surface area contributed by atoms with Crippen molar-refractivity contribution in [2.75, 3.05) is 25.0 Å². The fraction of sp³-hybridized carbons (Fsp3) is 0.438. The third-order valence-electron chi connectivity index (χ3n) is 3.71. The Bertz CT molecular complexity index is 490. The molecular weight excluding hydrogens is 264 g/mol. The fourth-order valence-corrected chi connectivity index (χ4v) is 2.45. The number of hydrogen-bond acceptors (Lipinski definition) is 5. The maximum atomic E-state index is 10.4. The quantitative estimate of drug-likeness (QED) is 0.569. The number of hydrogen-bond donors (Lipinski definition) is 2. The first-order valence-corrected chi connectivity index (χ1v) is 7.40. The van der Waals surface area contributed by atoms with Gasteiger partial charge < -0.3 is 15.0 Å². The van der Waals surface area contributed by atoms with Gasteiger partial charge in [0.15, 0.2) is 0 Å². The Morgan fingerprint density at radius 3 is 2.62 bits per heavy atom. The molecular formula is C16H22N4O. The van der Waals surface area contributed by atoms with Crippen LogP contribution in [0.5, 0.6) is 0 Å². The Kier molecular flexibility index (Phi) is 6.09. The molecule has 1 aliphatic heterocycles. The Hall–Kier alpha value is -2.01. The monoisotopic (exact) mass is 286 g/mol. The highest BCUT2D eigenvalue weighted by Gasteiger charge is 2.10. The van der Waals surface area contributed by atoms with Crippen molar-refractivity contribution in [2.45, 2.75) is 25.7 Å². The molecule has 2 rings (SSSR count). The normalized spacial score (nSPS) is 15.9. The lowest BCUT2D eigenvalue weighted by atomic mass is 10.1. The number of likely N-dealkylation sites (tertiary alicyclic amines) is 1. The van der Waals surface area contributed by atoms with Crippen LogP contribution >= 0.6 is 0 Å². The summed E-state index contributed by atoms with van der Waals surface area (Å²) in [5.41, 5.74) is 9.64. The van der Waals surface area contributed by atoms with E-state index in [-0.39, 0.29) is 6.42 Å². The number of allylic oxidation sites excluding steroid dienone is 1. The number of nitrogens with zero attached hydrogens (tertiary/aromatic N) is 2. The SMILES string of the molecule is N=N/C(=C\Nc1ccc(CCN2CCCC2)cc1)CC=O. The van der Waals surface area contributed by atoms with E-state index in [2.05, 4.69) is 27.5 Å². The minimum Gasteiger partial charge on any atom is -0.360 e. The van der Waals surface area contributed by atoms with E-state index >= 15 is 0 Å². The summed E-state index contributed by atoms with van der Waals surface area (Å²) >= 11 is 0. The van der Waals surface area contributed by atoms with E-state index in [0.717, 1.165) is 24.9 Å². The van der Waals surface area contributed by atoms with Gasteiger partial charge in [0, 0.05) is 24.9 Å². The third-order valence-corrected chi connectivity index (χ3v) is 3.71. The topological polar surface area (TPSA) is 68.6 Å². The van der Waals surface area contributed by atoms with Crippen molar-refractivity contribution in [3.63, 3.8) is 0 Å². The van der Waals surface area contributed by atoms with E-state index in [1.807, 2.05) is 12.1 Å². The molecule has 112 valence electrons. The lowest BCUT2D eigenvalue weighted by molar-refractivity contribution is -0.107. The minimum atomic E-state index is 0.157. The van der Waals surface area contributed by atoms with Crippen molar-refractivity contribution in [1.29, 1.82) is 5.53 Å². The van der Waals surface area contributed by atoms with E-state index < -0.39 is 0 Å². The van der Waals surface area contributed by atoms with E-state index in [9.17, 15) is 4.79 Å². The Morgan fingerprint density at radius 1 is 1.29 bits per heavy atom. The molecule has 5 heteroatoms. The number of aldehydes is 1. The average molecular weight is 286 g/mol. The van der Waals surface area contributed by atoms with Crippen LogP contribution in [-0.4, -0.2) is 30.8 Å². The number of rotatable bonds is 8. The smallest absolute Gasteiger partial charge is 0.126 e. The van der Waals surface area contributed by atoms with Gasteiger partial charge in [-0.05, 0) is 50.0 Å². The van der Waals surface area contributed by atoms with Crippen LogP contribution in [0.25, 0.3) is 0 Å². The van der Waals surface area contributed by atoms with Crippen molar-refractivity contribution >= 4 is 12.0 Å². The van der Waals surface area contributed by atoms with Crippen LogP contribution in [0.2, 0.25) is 0 Å². The first-order valence-electron chi connectivity index (χ1n) is 7.40. The molecule has 0 bridgehead atoms. The largest absolute Gasteiger partial charge is 0.360 e. The van der Waals surface area contributed by atoms with Crippen LogP contribution in [0.1, 0.15) is 24.8 Å². The highest BCUT2D eigenvalue weighted by molar-refractivity contribution is 5.55. The van der Waals surface area contributed by atoms with Crippen molar-refractivity contribution in [3.05, 3.63) is 41.7 Å². The lowest BCUT2D eigenvalue weighted by Crippen LogP contribution is -2.21. The molecule has 1 aromatic carbocycles. The second-order valence-corrected chi connectivity index (χ2v) is 5.26. The number of nitrogens with one attached hydrogen (secondary N) is 2. The Morgan fingerprint density at radius 2 is 2.00 bits per heavy atom. The zero-order valence-electron chi connectivity index (χ0n) is 12.2. The van der Waals surface area contributed by atoms with Crippen LogP contribution in [-0.2, 0) is 11.2 Å². The molecule has 1 fully saturated rings. The maximum Gasteiger partial charge on any atom is 0.126 e. The molecule has 1 aromatic rings. The summed E-state index contributed by atoms with van der Waals surface area (Å²) in [5.74, 6) is 0. The van der Waals surface area contributed by atoms with E-state index in [1.54, 1.807) is 6.20 Å². The maximum absolute atomic E-state index is 10.4. The number of benzene rings is 1. The first kappa shape index (κ1) is 15.4. The summed E-state index contributed by atoms with van der Waals surface area (Å²) < 4.78 is 0. The molecule has 0 spiro atoms. The summed E-state index contributed by atoms with van der Waals surface area (Å²) in [6.07, 6.45) is 6.24. The van der Waals surface area contributed by atoms with Gasteiger partial charge in [0.1, 0.15) is 6.29 Å². The molecule has 1 saturated heterocycles. The third kappa shape index (κ3) is 5.11. The van der Waals surface area contributed by atoms with Crippen molar-refractivity contribution < 1.29 is 4.79 Å². The van der Waals surface area contributed by atoms with Gasteiger partial charge in [-0.3, -0.25) is 0 Å². The fourth-order valence-electron chi connectivity index (χ4n) is 2.45. The minimum absolute atomic E-state index is 0.157. The number of anilines is 1. The van der Waals surface area contributed by atoms with Crippen LogP contribution in [0.15, 0.2) is 41.3 Å². The predicted octanol–water partition coefficient (Wildman–Crippen LogP) is 3.20. The summed E-state index contributed by atoms with van der Waals surface area (Å²) in [6.45, 7) is 3.61. The van der Waals surface area contributed by atoms with Gasteiger partial charge in [0.05, 0.1) is 5.70 Å². The van der Waals surface area contributed by atoms with Gasteiger partial charge in [0.2, 0.25) is 0 Å². The van der Waals surface area contributed by atoms with Gasteiger partial charge in [-0.15, -0.1) is 0 Å². The molecule has 2 N–H and O–H groups in total. The highest BCUT2D eigenvalue weighted by atomic mass is 16.1. The first-order chi connectivity index (χ1) is 10.3. The molecule has 0 unspecified atom stereocenters. The molecule has 1 aliphatic rings. The van der Waals surface area contributed by atoms with Crippen LogP contribution < -0.4 is 5.32 Å². The number of carbonyl (C=O) groups excluding carboxylic acids is 1. The molecule has 0 amide bonds. The summed E-state index contributed by atoms with van der Waals surface area (Å²) in [6, 6.07) is 8.25. The Labute approximate surface area is 125 Å². The van der Waals surface area contributed by atoms with Crippen LogP contribution in [0, 0.1) is 5.53 Å². The van der Waals surface area contributed by atoms with Crippen molar-refractivity contribution in [2.24, 2.45) is 5.11 Å². The molecule has 21 heavy (non-hydrogen) atoms. The van der Waals surface area contributed by atoms with Gasteiger partial charge in [-0.2, -0.15) is 5.11 Å². The van der Waals surface area contributed by atoms with Crippen LogP contribution in [0.4, 0.5) is 5.69 Å². The average Bonchev–Trinajstić information content (AvgIpc) is 3.04. The van der Waals surface area contributed by atoms with E-state index in [0.29, 0.717) is 5.70 Å². The zero-order chi connectivity index (χ0) is 14.9. The van der Waals surface area contributed by atoms with Crippen molar-refractivity contribution in [3.8, 4) is 0 Å². The van der Waals surface area contributed by atoms with Crippen LogP contribution in [0.3, 0.4) is 0 Å². The van der Waals surface area contributed by atoms with E-state index in [4.69, 9.17) is 5.53 Å². The molecule has 0 saturated carbocycles. The summed E-state index contributed by atoms with van der Waals surface area (Å²) in [5, 5.41) is 6.36. The standard InChI is InChI=1S/C16H22N4O/c17-19-16(8-12-21)13-18-15-5-3-14(4-6-15)7-11-20-9-1-2-10-20/h3-6,12-13,17-18H,1-2,7-11H2/b16-13-,19-17?.